The molecule has 0 bridgehead atoms. The number of fused-ring (bicyclic) bond motifs is 1. The van der Waals surface area contributed by atoms with Gasteiger partial charge in [0, 0.05) is 37.6 Å². The molecule has 0 aliphatic carbocycles. The van der Waals surface area contributed by atoms with Gasteiger partial charge in [-0.15, -0.1) is 0 Å². The van der Waals surface area contributed by atoms with Gasteiger partial charge in [-0.1, -0.05) is 19.9 Å². The van der Waals surface area contributed by atoms with Gasteiger partial charge in [-0.3, -0.25) is 34.3 Å². The number of piperidine rings is 1. The lowest BCUT2D eigenvalue weighted by Crippen LogP contribution is -2.60. The second kappa shape index (κ2) is 9.35. The molecular formula is C25H34N4O4. The first-order valence-electron chi connectivity index (χ1n) is 12.0. The molecule has 0 aromatic heterocycles. The third kappa shape index (κ3) is 4.59. The lowest BCUT2D eigenvalue weighted by Gasteiger charge is -2.45. The Morgan fingerprint density at radius 2 is 1.79 bits per heavy atom. The number of nitrogens with one attached hydrogen (secondary N) is 2. The normalized spacial score (nSPS) is 28.5. The molecule has 8 heteroatoms. The predicted molar refractivity (Wildman–Crippen MR) is 123 cm³/mol. The quantitative estimate of drug-likeness (QED) is 0.639. The molecule has 3 aliphatic rings. The summed E-state index contributed by atoms with van der Waals surface area (Å²) in [5.41, 5.74) is 1.65. The van der Waals surface area contributed by atoms with E-state index in [-0.39, 0.29) is 18.7 Å². The molecule has 0 saturated carbocycles. The molecule has 2 saturated heterocycles. The third-order valence-electron chi connectivity index (χ3n) is 7.21. The average molecular weight is 455 g/mol. The number of piperazine rings is 1. The minimum absolute atomic E-state index is 0.117. The van der Waals surface area contributed by atoms with Crippen LogP contribution >= 0.6 is 0 Å². The minimum atomic E-state index is -0.937. The van der Waals surface area contributed by atoms with Crippen LogP contribution in [0.1, 0.15) is 79.7 Å². The second-order valence-corrected chi connectivity index (χ2v) is 10.1. The number of benzene rings is 1. The number of rotatable bonds is 6. The summed E-state index contributed by atoms with van der Waals surface area (Å²) in [4.78, 5) is 53.4. The first kappa shape index (κ1) is 23.6. The van der Waals surface area contributed by atoms with E-state index in [9.17, 15) is 19.2 Å². The first-order chi connectivity index (χ1) is 15.7. The number of amides is 4. The second-order valence-electron chi connectivity index (χ2n) is 10.1. The Bertz CT molecular complexity index is 975. The van der Waals surface area contributed by atoms with E-state index in [1.807, 2.05) is 6.07 Å². The molecule has 33 heavy (non-hydrogen) atoms. The van der Waals surface area contributed by atoms with E-state index >= 15 is 0 Å². The van der Waals surface area contributed by atoms with Crippen LogP contribution in [-0.2, 0) is 16.1 Å². The zero-order chi connectivity index (χ0) is 23.9. The summed E-state index contributed by atoms with van der Waals surface area (Å²) in [6, 6.07) is 5.60. The molecule has 1 aromatic rings. The minimum Gasteiger partial charge on any atom is -0.311 e. The van der Waals surface area contributed by atoms with Crippen molar-refractivity contribution in [2.24, 2.45) is 5.92 Å². The van der Waals surface area contributed by atoms with Crippen LogP contribution in [0.25, 0.3) is 0 Å². The van der Waals surface area contributed by atoms with Gasteiger partial charge < -0.3 is 5.32 Å². The number of nitrogens with zero attached hydrogens (tertiary/aromatic N) is 2. The van der Waals surface area contributed by atoms with Crippen LogP contribution in [0.3, 0.4) is 0 Å². The van der Waals surface area contributed by atoms with Crippen molar-refractivity contribution in [2.75, 3.05) is 6.54 Å². The van der Waals surface area contributed by atoms with Gasteiger partial charge in [0.1, 0.15) is 6.04 Å². The Morgan fingerprint density at radius 3 is 2.48 bits per heavy atom. The molecule has 4 rings (SSSR count). The van der Waals surface area contributed by atoms with Crippen molar-refractivity contribution >= 4 is 23.6 Å². The van der Waals surface area contributed by atoms with Gasteiger partial charge in [-0.2, -0.15) is 0 Å². The maximum atomic E-state index is 13.2. The van der Waals surface area contributed by atoms with E-state index in [1.54, 1.807) is 12.1 Å². The molecule has 2 fully saturated rings. The van der Waals surface area contributed by atoms with Crippen LogP contribution in [-0.4, -0.2) is 64.1 Å². The van der Waals surface area contributed by atoms with Crippen molar-refractivity contribution in [3.8, 4) is 0 Å². The number of carbonyl (C=O) groups is 4. The van der Waals surface area contributed by atoms with E-state index < -0.39 is 23.8 Å². The highest BCUT2D eigenvalue weighted by Crippen LogP contribution is 2.30. The van der Waals surface area contributed by atoms with Crippen LogP contribution in [0, 0.1) is 5.92 Å². The van der Waals surface area contributed by atoms with E-state index in [1.165, 1.54) is 0 Å². The van der Waals surface area contributed by atoms with Gasteiger partial charge in [-0.25, -0.2) is 0 Å². The highest BCUT2D eigenvalue weighted by Gasteiger charge is 2.44. The first-order valence-corrected chi connectivity index (χ1v) is 12.0. The molecule has 4 atom stereocenters. The zero-order valence-electron chi connectivity index (χ0n) is 19.9. The molecule has 0 spiro atoms. The van der Waals surface area contributed by atoms with Gasteiger partial charge >= 0.3 is 0 Å². The zero-order valence-corrected chi connectivity index (χ0v) is 19.9. The van der Waals surface area contributed by atoms with Gasteiger partial charge in [0.25, 0.3) is 11.8 Å². The molecule has 4 unspecified atom stereocenters. The number of imide groups is 2. The fourth-order valence-electron chi connectivity index (χ4n) is 5.24. The Labute approximate surface area is 195 Å². The number of carbonyl (C=O) groups excluding carboxylic acids is 4. The smallest absolute Gasteiger partial charge is 0.262 e. The largest absolute Gasteiger partial charge is 0.311 e. The summed E-state index contributed by atoms with van der Waals surface area (Å²) in [5.74, 6) is -1.24. The molecule has 3 aliphatic heterocycles. The van der Waals surface area contributed by atoms with E-state index in [0.717, 1.165) is 29.8 Å². The maximum absolute atomic E-state index is 13.2. The Kier molecular flexibility index (Phi) is 6.68. The number of hydrogen-bond donors (Lipinski definition) is 2. The van der Waals surface area contributed by atoms with Crippen LogP contribution in [0.4, 0.5) is 0 Å². The van der Waals surface area contributed by atoms with Crippen molar-refractivity contribution < 1.29 is 19.2 Å². The Balaban J connectivity index is 1.55. The van der Waals surface area contributed by atoms with Crippen LogP contribution in [0.2, 0.25) is 0 Å². The molecular weight excluding hydrogens is 420 g/mol. The summed E-state index contributed by atoms with van der Waals surface area (Å²) in [5, 5.41) is 5.85. The highest BCUT2D eigenvalue weighted by molar-refractivity contribution is 6.23. The van der Waals surface area contributed by atoms with Gasteiger partial charge in [0.05, 0.1) is 11.1 Å². The lowest BCUT2D eigenvalue weighted by atomic mass is 9.93. The van der Waals surface area contributed by atoms with Crippen LogP contribution < -0.4 is 10.6 Å². The Hall–Kier alpha value is -2.58. The van der Waals surface area contributed by atoms with Gasteiger partial charge in [0.15, 0.2) is 0 Å². The fraction of sp³-hybridized carbons (Fsp3) is 0.600. The third-order valence-corrected chi connectivity index (χ3v) is 7.21. The Morgan fingerprint density at radius 1 is 1.06 bits per heavy atom. The van der Waals surface area contributed by atoms with Crippen molar-refractivity contribution in [3.63, 3.8) is 0 Å². The highest BCUT2D eigenvalue weighted by atomic mass is 16.2. The maximum Gasteiger partial charge on any atom is 0.262 e. The van der Waals surface area contributed by atoms with E-state index in [2.05, 4.69) is 43.2 Å². The summed E-state index contributed by atoms with van der Waals surface area (Å²) >= 11 is 0. The summed E-state index contributed by atoms with van der Waals surface area (Å²) in [6.07, 6.45) is 2.53. The van der Waals surface area contributed by atoms with E-state index in [4.69, 9.17) is 0 Å². The fourth-order valence-corrected chi connectivity index (χ4v) is 5.24. The van der Waals surface area contributed by atoms with Crippen LogP contribution in [0.15, 0.2) is 18.2 Å². The van der Waals surface area contributed by atoms with Crippen molar-refractivity contribution in [2.45, 2.75) is 84.1 Å². The summed E-state index contributed by atoms with van der Waals surface area (Å²) < 4.78 is 0. The number of hydrogen-bond acceptors (Lipinski definition) is 6. The standard InChI is InChI=1S/C25H34N4O4/c1-14(2)5-8-20-16(4)26-12-15(3)28(20)13-17-6-7-18-19(11-17)25(33)29(24(18)32)21-9-10-22(30)27-23(21)31/h6-7,11,14-16,20-21,26H,5,8-10,12-13H2,1-4H3,(H,27,30,31). The average Bonchev–Trinajstić information content (AvgIpc) is 3.00. The summed E-state index contributed by atoms with van der Waals surface area (Å²) in [6.45, 7) is 10.5. The molecule has 1 aromatic carbocycles. The molecule has 4 amide bonds. The van der Waals surface area contributed by atoms with Gasteiger partial charge in [-0.05, 0) is 56.7 Å². The molecule has 2 N–H and O–H groups in total. The van der Waals surface area contributed by atoms with Crippen molar-refractivity contribution in [3.05, 3.63) is 34.9 Å². The SMILES string of the molecule is CC(C)CCC1C(C)NCC(C)N1Cc1ccc2c(c1)C(=O)N(C1CCC(=O)NC1=O)C2=O. The topological polar surface area (TPSA) is 98.8 Å². The van der Waals surface area contributed by atoms with E-state index in [0.29, 0.717) is 41.7 Å². The van der Waals surface area contributed by atoms with Crippen molar-refractivity contribution in [1.29, 1.82) is 0 Å². The summed E-state index contributed by atoms with van der Waals surface area (Å²) in [7, 11) is 0. The molecule has 8 nitrogen and oxygen atoms in total. The monoisotopic (exact) mass is 454 g/mol. The lowest BCUT2D eigenvalue weighted by molar-refractivity contribution is -0.136. The molecule has 178 valence electrons. The van der Waals surface area contributed by atoms with Crippen molar-refractivity contribution in [1.82, 2.24) is 20.4 Å². The van der Waals surface area contributed by atoms with Crippen LogP contribution in [0.5, 0.6) is 0 Å². The predicted octanol–water partition coefficient (Wildman–Crippen LogP) is 2.07. The van der Waals surface area contributed by atoms with Gasteiger partial charge in [0.2, 0.25) is 11.8 Å². The molecule has 3 heterocycles. The molecule has 0 radical (unpaired) electrons.